The summed E-state index contributed by atoms with van der Waals surface area (Å²) in [6, 6.07) is 22.3. The molecule has 1 unspecified atom stereocenters. The van der Waals surface area contributed by atoms with Crippen LogP contribution in [0.25, 0.3) is 0 Å². The summed E-state index contributed by atoms with van der Waals surface area (Å²) in [4.78, 5) is 27.1. The molecule has 0 aliphatic rings. The molecule has 3 aromatic rings. The first kappa shape index (κ1) is 22.1. The number of carbonyl (C=O) groups excluding carboxylic acids is 2. The van der Waals surface area contributed by atoms with Gasteiger partial charge in [0.1, 0.15) is 5.75 Å². The SMILES string of the molecule is COc1ccc(C)cc1CC(=O)N(C)C(C)c1cccc(NC(=O)c2ccccc2)c1. The van der Waals surface area contributed by atoms with Gasteiger partial charge in [0.15, 0.2) is 0 Å². The summed E-state index contributed by atoms with van der Waals surface area (Å²) >= 11 is 0. The van der Waals surface area contributed by atoms with E-state index in [1.807, 2.05) is 74.5 Å². The summed E-state index contributed by atoms with van der Waals surface area (Å²) in [6.07, 6.45) is 0.260. The number of carbonyl (C=O) groups is 2. The minimum Gasteiger partial charge on any atom is -0.496 e. The number of hydrogen-bond donors (Lipinski definition) is 1. The van der Waals surface area contributed by atoms with Crippen LogP contribution in [0.3, 0.4) is 0 Å². The van der Waals surface area contributed by atoms with Crippen molar-refractivity contribution in [1.82, 2.24) is 4.90 Å². The number of aryl methyl sites for hydroxylation is 1. The first-order chi connectivity index (χ1) is 14.9. The maximum Gasteiger partial charge on any atom is 0.255 e. The van der Waals surface area contributed by atoms with Crippen molar-refractivity contribution in [3.8, 4) is 5.75 Å². The molecule has 0 fully saturated rings. The number of rotatable bonds is 7. The number of benzene rings is 3. The summed E-state index contributed by atoms with van der Waals surface area (Å²) in [7, 11) is 3.41. The van der Waals surface area contributed by atoms with Gasteiger partial charge >= 0.3 is 0 Å². The van der Waals surface area contributed by atoms with Crippen LogP contribution in [-0.4, -0.2) is 30.9 Å². The van der Waals surface area contributed by atoms with Crippen LogP contribution in [0.2, 0.25) is 0 Å². The smallest absolute Gasteiger partial charge is 0.255 e. The number of hydrogen-bond acceptors (Lipinski definition) is 3. The molecule has 0 heterocycles. The van der Waals surface area contributed by atoms with Crippen molar-refractivity contribution in [2.24, 2.45) is 0 Å². The lowest BCUT2D eigenvalue weighted by molar-refractivity contribution is -0.131. The van der Waals surface area contributed by atoms with Gasteiger partial charge in [0.25, 0.3) is 5.91 Å². The van der Waals surface area contributed by atoms with Crippen molar-refractivity contribution in [2.45, 2.75) is 26.3 Å². The Balaban J connectivity index is 1.71. The summed E-state index contributed by atoms with van der Waals surface area (Å²) in [6.45, 7) is 3.97. The molecule has 0 radical (unpaired) electrons. The third kappa shape index (κ3) is 5.51. The number of ether oxygens (including phenoxy) is 1. The molecule has 0 saturated carbocycles. The number of likely N-dealkylation sites (N-methyl/N-ethyl adjacent to an activating group) is 1. The fourth-order valence-corrected chi connectivity index (χ4v) is 3.44. The summed E-state index contributed by atoms with van der Waals surface area (Å²) in [5.74, 6) is 0.544. The Morgan fingerprint density at radius 1 is 1.00 bits per heavy atom. The van der Waals surface area contributed by atoms with Crippen LogP contribution in [-0.2, 0) is 11.2 Å². The Morgan fingerprint density at radius 2 is 1.74 bits per heavy atom. The van der Waals surface area contributed by atoms with Crippen molar-refractivity contribution < 1.29 is 14.3 Å². The molecule has 3 aromatic carbocycles. The van der Waals surface area contributed by atoms with E-state index in [4.69, 9.17) is 4.74 Å². The minimum absolute atomic E-state index is 0.00451. The lowest BCUT2D eigenvalue weighted by Crippen LogP contribution is -2.31. The molecule has 5 nitrogen and oxygen atoms in total. The zero-order valence-electron chi connectivity index (χ0n) is 18.4. The molecule has 0 aliphatic carbocycles. The zero-order valence-corrected chi connectivity index (χ0v) is 18.4. The van der Waals surface area contributed by atoms with Gasteiger partial charge in [0, 0.05) is 23.9 Å². The van der Waals surface area contributed by atoms with Crippen LogP contribution in [0.15, 0.2) is 72.8 Å². The summed E-state index contributed by atoms with van der Waals surface area (Å²) in [5.41, 5.74) is 4.19. The maximum absolute atomic E-state index is 13.0. The van der Waals surface area contributed by atoms with Crippen LogP contribution in [0.4, 0.5) is 5.69 Å². The molecule has 5 heteroatoms. The molecular weight excluding hydrogens is 388 g/mol. The van der Waals surface area contributed by atoms with E-state index in [-0.39, 0.29) is 24.3 Å². The van der Waals surface area contributed by atoms with Crippen LogP contribution in [0.1, 0.15) is 40.0 Å². The van der Waals surface area contributed by atoms with Gasteiger partial charge in [-0.15, -0.1) is 0 Å². The molecule has 1 N–H and O–H groups in total. The molecular formula is C26H28N2O3. The van der Waals surface area contributed by atoms with Crippen molar-refractivity contribution in [3.05, 3.63) is 95.1 Å². The van der Waals surface area contributed by atoms with Crippen molar-refractivity contribution in [1.29, 1.82) is 0 Å². The van der Waals surface area contributed by atoms with E-state index < -0.39 is 0 Å². The van der Waals surface area contributed by atoms with Gasteiger partial charge < -0.3 is 15.0 Å². The van der Waals surface area contributed by atoms with E-state index in [2.05, 4.69) is 5.32 Å². The van der Waals surface area contributed by atoms with E-state index in [0.29, 0.717) is 17.0 Å². The highest BCUT2D eigenvalue weighted by Gasteiger charge is 2.20. The van der Waals surface area contributed by atoms with Crippen LogP contribution in [0, 0.1) is 6.92 Å². The molecule has 31 heavy (non-hydrogen) atoms. The Kier molecular flexibility index (Phi) is 7.08. The quantitative estimate of drug-likeness (QED) is 0.588. The Hall–Kier alpha value is -3.60. The molecule has 0 saturated heterocycles. The highest BCUT2D eigenvalue weighted by Crippen LogP contribution is 2.25. The fraction of sp³-hybridized carbons (Fsp3) is 0.231. The topological polar surface area (TPSA) is 58.6 Å². The highest BCUT2D eigenvalue weighted by atomic mass is 16.5. The molecule has 3 rings (SSSR count). The first-order valence-corrected chi connectivity index (χ1v) is 10.2. The van der Waals surface area contributed by atoms with Gasteiger partial charge in [0.05, 0.1) is 19.6 Å². The van der Waals surface area contributed by atoms with Gasteiger partial charge in [0.2, 0.25) is 5.91 Å². The molecule has 2 amide bonds. The zero-order chi connectivity index (χ0) is 22.4. The number of nitrogens with zero attached hydrogens (tertiary/aromatic N) is 1. The van der Waals surface area contributed by atoms with Crippen LogP contribution in [0.5, 0.6) is 5.75 Å². The lowest BCUT2D eigenvalue weighted by atomic mass is 10.0. The monoisotopic (exact) mass is 416 g/mol. The molecule has 1 atom stereocenters. The second kappa shape index (κ2) is 9.94. The van der Waals surface area contributed by atoms with E-state index in [1.54, 1.807) is 31.2 Å². The van der Waals surface area contributed by atoms with E-state index in [0.717, 1.165) is 16.7 Å². The second-order valence-electron chi connectivity index (χ2n) is 7.62. The number of amides is 2. The van der Waals surface area contributed by atoms with Gasteiger partial charge in [-0.3, -0.25) is 9.59 Å². The van der Waals surface area contributed by atoms with Crippen LogP contribution < -0.4 is 10.1 Å². The van der Waals surface area contributed by atoms with Crippen LogP contribution >= 0.6 is 0 Å². The first-order valence-electron chi connectivity index (χ1n) is 10.2. The summed E-state index contributed by atoms with van der Waals surface area (Å²) < 4.78 is 5.40. The van der Waals surface area contributed by atoms with E-state index in [9.17, 15) is 9.59 Å². The largest absolute Gasteiger partial charge is 0.496 e. The van der Waals surface area contributed by atoms with Crippen molar-refractivity contribution in [3.63, 3.8) is 0 Å². The van der Waals surface area contributed by atoms with E-state index >= 15 is 0 Å². The average molecular weight is 417 g/mol. The third-order valence-corrected chi connectivity index (χ3v) is 5.41. The Morgan fingerprint density at radius 3 is 2.45 bits per heavy atom. The number of anilines is 1. The Bertz CT molecular complexity index is 1060. The minimum atomic E-state index is -0.165. The number of nitrogens with one attached hydrogen (secondary N) is 1. The molecule has 0 aromatic heterocycles. The Labute approximate surface area is 183 Å². The summed E-state index contributed by atoms with van der Waals surface area (Å²) in [5, 5.41) is 2.92. The van der Waals surface area contributed by atoms with Crippen molar-refractivity contribution in [2.75, 3.05) is 19.5 Å². The predicted octanol–water partition coefficient (Wildman–Crippen LogP) is 5.02. The maximum atomic E-state index is 13.0. The molecule has 0 spiro atoms. The molecule has 0 bridgehead atoms. The van der Waals surface area contributed by atoms with Gasteiger partial charge in [-0.1, -0.05) is 48.0 Å². The van der Waals surface area contributed by atoms with Gasteiger partial charge in [-0.2, -0.15) is 0 Å². The lowest BCUT2D eigenvalue weighted by Gasteiger charge is -2.26. The standard InChI is InChI=1S/C26H28N2O3/c1-18-13-14-24(31-4)22(15-18)17-25(29)28(3)19(2)21-11-8-12-23(16-21)27-26(30)20-9-6-5-7-10-20/h5-16,19H,17H2,1-4H3,(H,27,30). The molecule has 160 valence electrons. The second-order valence-corrected chi connectivity index (χ2v) is 7.62. The van der Waals surface area contributed by atoms with Gasteiger partial charge in [-0.05, 0) is 49.7 Å². The predicted molar refractivity (Wildman–Crippen MR) is 123 cm³/mol. The van der Waals surface area contributed by atoms with Gasteiger partial charge in [-0.25, -0.2) is 0 Å². The third-order valence-electron chi connectivity index (χ3n) is 5.41. The fourth-order valence-electron chi connectivity index (χ4n) is 3.44. The normalized spacial score (nSPS) is 11.5. The molecule has 0 aliphatic heterocycles. The average Bonchev–Trinajstić information content (AvgIpc) is 2.79. The highest BCUT2D eigenvalue weighted by molar-refractivity contribution is 6.04. The van der Waals surface area contributed by atoms with E-state index in [1.165, 1.54) is 0 Å². The van der Waals surface area contributed by atoms with Crippen molar-refractivity contribution >= 4 is 17.5 Å². The number of methoxy groups -OCH3 is 1.